The molecule has 1 N–H and O–H groups in total. The topological polar surface area (TPSA) is 65.9 Å². The number of halogens is 2. The van der Waals surface area contributed by atoms with Crippen LogP contribution in [0.1, 0.15) is 6.92 Å². The third-order valence-electron chi connectivity index (χ3n) is 4.65. The molecule has 1 amide bonds. The summed E-state index contributed by atoms with van der Waals surface area (Å²) in [6.07, 6.45) is 0.835. The normalized spacial score (nSPS) is 22.8. The Hall–Kier alpha value is -1.73. The lowest BCUT2D eigenvalue weighted by atomic mass is 10.0. The molecule has 24 heavy (non-hydrogen) atoms. The number of piperazine rings is 1. The van der Waals surface area contributed by atoms with Crippen molar-refractivity contribution in [2.45, 2.75) is 19.0 Å². The molecule has 0 spiro atoms. The molecular weight excluding hydrogens is 398 g/mol. The molecule has 0 bridgehead atoms. The number of ether oxygens (including phenoxy) is 1. The van der Waals surface area contributed by atoms with Gasteiger partial charge in [-0.15, -0.1) is 0 Å². The standard InChI is InChI=1S/C16H15BrClN3O3/c1-8-5-21-9(6-20(8)16(22)23)7-24-14-4-19-13-3-11(17)12(18)2-10(13)15(14)21/h2-4,8-9H,5-7H2,1H3,(H,22,23)/t8-,9-/m1/s1. The van der Waals surface area contributed by atoms with Crippen molar-refractivity contribution >= 4 is 50.2 Å². The molecule has 6 nitrogen and oxygen atoms in total. The quantitative estimate of drug-likeness (QED) is 0.716. The van der Waals surface area contributed by atoms with Gasteiger partial charge in [0.2, 0.25) is 0 Å². The smallest absolute Gasteiger partial charge is 0.407 e. The maximum absolute atomic E-state index is 11.4. The molecule has 4 rings (SSSR count). The van der Waals surface area contributed by atoms with Crippen molar-refractivity contribution < 1.29 is 14.6 Å². The van der Waals surface area contributed by atoms with Gasteiger partial charge in [-0.05, 0) is 35.0 Å². The summed E-state index contributed by atoms with van der Waals surface area (Å²) in [4.78, 5) is 19.6. The Morgan fingerprint density at radius 2 is 2.25 bits per heavy atom. The van der Waals surface area contributed by atoms with Crippen molar-refractivity contribution in [3.8, 4) is 5.75 Å². The van der Waals surface area contributed by atoms with E-state index < -0.39 is 6.09 Å². The van der Waals surface area contributed by atoms with E-state index in [2.05, 4.69) is 25.8 Å². The number of anilines is 1. The lowest BCUT2D eigenvalue weighted by molar-refractivity contribution is 0.100. The third-order valence-corrected chi connectivity index (χ3v) is 5.85. The van der Waals surface area contributed by atoms with Crippen LogP contribution in [0, 0.1) is 0 Å². The van der Waals surface area contributed by atoms with Crippen molar-refractivity contribution in [2.75, 3.05) is 24.6 Å². The first-order valence-corrected chi connectivity index (χ1v) is 8.79. The number of rotatable bonds is 0. The number of amides is 1. The molecule has 126 valence electrons. The van der Waals surface area contributed by atoms with Crippen LogP contribution in [0.2, 0.25) is 5.02 Å². The van der Waals surface area contributed by atoms with Crippen LogP contribution in [0.3, 0.4) is 0 Å². The van der Waals surface area contributed by atoms with Gasteiger partial charge < -0.3 is 19.6 Å². The van der Waals surface area contributed by atoms with Crippen LogP contribution in [0.5, 0.6) is 5.75 Å². The van der Waals surface area contributed by atoms with Crippen LogP contribution in [0.4, 0.5) is 10.5 Å². The zero-order valence-corrected chi connectivity index (χ0v) is 15.2. The van der Waals surface area contributed by atoms with Crippen molar-refractivity contribution in [3.05, 3.63) is 27.8 Å². The Kier molecular flexibility index (Phi) is 3.73. The molecular formula is C16H15BrClN3O3. The summed E-state index contributed by atoms with van der Waals surface area (Å²) in [5.41, 5.74) is 1.77. The number of nitrogens with zero attached hydrogens (tertiary/aromatic N) is 3. The Labute approximate surface area is 152 Å². The summed E-state index contributed by atoms with van der Waals surface area (Å²) in [6.45, 7) is 3.40. The van der Waals surface area contributed by atoms with Crippen LogP contribution in [-0.4, -0.2) is 52.9 Å². The second-order valence-electron chi connectivity index (χ2n) is 6.16. The zero-order valence-electron chi connectivity index (χ0n) is 12.9. The molecule has 3 heterocycles. The van der Waals surface area contributed by atoms with Crippen LogP contribution in [-0.2, 0) is 0 Å². The monoisotopic (exact) mass is 411 g/mol. The van der Waals surface area contributed by atoms with Crippen LogP contribution < -0.4 is 9.64 Å². The average molecular weight is 413 g/mol. The summed E-state index contributed by atoms with van der Waals surface area (Å²) < 4.78 is 6.65. The highest BCUT2D eigenvalue weighted by Gasteiger charge is 2.39. The van der Waals surface area contributed by atoms with Gasteiger partial charge in [0, 0.05) is 29.0 Å². The molecule has 1 saturated heterocycles. The number of carboxylic acid groups (broad SMARTS) is 1. The van der Waals surface area contributed by atoms with Gasteiger partial charge in [-0.25, -0.2) is 4.79 Å². The van der Waals surface area contributed by atoms with E-state index in [4.69, 9.17) is 16.3 Å². The summed E-state index contributed by atoms with van der Waals surface area (Å²) in [5.74, 6) is 0.716. The van der Waals surface area contributed by atoms with Gasteiger partial charge in [0.25, 0.3) is 0 Å². The number of hydrogen-bond acceptors (Lipinski definition) is 4. The molecule has 2 atom stereocenters. The average Bonchev–Trinajstić information content (AvgIpc) is 2.54. The number of pyridine rings is 1. The molecule has 2 aliphatic heterocycles. The first-order valence-electron chi connectivity index (χ1n) is 7.62. The molecule has 0 aliphatic carbocycles. The maximum atomic E-state index is 11.4. The fourth-order valence-electron chi connectivity index (χ4n) is 3.46. The highest BCUT2D eigenvalue weighted by molar-refractivity contribution is 9.10. The first kappa shape index (κ1) is 15.8. The third kappa shape index (κ3) is 2.38. The van der Waals surface area contributed by atoms with Crippen molar-refractivity contribution in [2.24, 2.45) is 0 Å². The Balaban J connectivity index is 1.84. The Bertz CT molecular complexity index is 847. The van der Waals surface area contributed by atoms with Crippen molar-refractivity contribution in [1.29, 1.82) is 0 Å². The predicted octanol–water partition coefficient (Wildman–Crippen LogP) is 3.60. The van der Waals surface area contributed by atoms with Crippen LogP contribution >= 0.6 is 27.5 Å². The fourth-order valence-corrected chi connectivity index (χ4v) is 3.96. The van der Waals surface area contributed by atoms with E-state index in [9.17, 15) is 9.90 Å². The van der Waals surface area contributed by atoms with Gasteiger partial charge in [-0.3, -0.25) is 4.98 Å². The summed E-state index contributed by atoms with van der Waals surface area (Å²) in [6, 6.07) is 3.65. The summed E-state index contributed by atoms with van der Waals surface area (Å²) >= 11 is 9.70. The van der Waals surface area contributed by atoms with Gasteiger partial charge in [0.05, 0.1) is 28.5 Å². The van der Waals surface area contributed by atoms with E-state index in [1.54, 1.807) is 6.20 Å². The molecule has 8 heteroatoms. The summed E-state index contributed by atoms with van der Waals surface area (Å²) in [7, 11) is 0. The van der Waals surface area contributed by atoms with E-state index in [1.807, 2.05) is 19.1 Å². The number of carbonyl (C=O) groups is 1. The first-order chi connectivity index (χ1) is 11.5. The minimum atomic E-state index is -0.889. The molecule has 0 saturated carbocycles. The fraction of sp³-hybridized carbons (Fsp3) is 0.375. The van der Waals surface area contributed by atoms with Crippen molar-refractivity contribution in [1.82, 2.24) is 9.88 Å². The lowest BCUT2D eigenvalue weighted by Gasteiger charge is -2.47. The van der Waals surface area contributed by atoms with Crippen LogP contribution in [0.25, 0.3) is 10.9 Å². The van der Waals surface area contributed by atoms with E-state index in [0.29, 0.717) is 30.5 Å². The number of aromatic nitrogens is 1. The second kappa shape index (κ2) is 5.67. The SMILES string of the molecule is C[C@@H]1CN2c3c(cnc4cc(Br)c(Cl)cc34)OC[C@H]2CN1C(=O)O. The minimum absolute atomic E-state index is 0.0159. The molecule has 1 aromatic carbocycles. The largest absolute Gasteiger partial charge is 0.488 e. The van der Waals surface area contributed by atoms with E-state index in [0.717, 1.165) is 21.1 Å². The van der Waals surface area contributed by atoms with E-state index in [-0.39, 0.29) is 12.1 Å². The van der Waals surface area contributed by atoms with E-state index in [1.165, 1.54) is 4.90 Å². The molecule has 0 unspecified atom stereocenters. The van der Waals surface area contributed by atoms with Gasteiger partial charge in [0.15, 0.2) is 5.75 Å². The highest BCUT2D eigenvalue weighted by atomic mass is 79.9. The predicted molar refractivity (Wildman–Crippen MR) is 95.3 cm³/mol. The Morgan fingerprint density at radius 1 is 1.46 bits per heavy atom. The highest BCUT2D eigenvalue weighted by Crippen LogP contribution is 2.42. The van der Waals surface area contributed by atoms with Crippen LogP contribution in [0.15, 0.2) is 22.8 Å². The van der Waals surface area contributed by atoms with E-state index >= 15 is 0 Å². The number of fused-ring (bicyclic) bond motifs is 5. The van der Waals surface area contributed by atoms with Gasteiger partial charge >= 0.3 is 6.09 Å². The van der Waals surface area contributed by atoms with Crippen molar-refractivity contribution in [3.63, 3.8) is 0 Å². The maximum Gasteiger partial charge on any atom is 0.407 e. The molecule has 0 radical (unpaired) electrons. The molecule has 2 aromatic rings. The summed E-state index contributed by atoms with van der Waals surface area (Å²) in [5, 5.41) is 10.9. The molecule has 1 aromatic heterocycles. The zero-order chi connectivity index (χ0) is 17.0. The van der Waals surface area contributed by atoms with Gasteiger partial charge in [-0.1, -0.05) is 11.6 Å². The second-order valence-corrected chi connectivity index (χ2v) is 7.42. The number of hydrogen-bond donors (Lipinski definition) is 1. The minimum Gasteiger partial charge on any atom is -0.488 e. The molecule has 2 aliphatic rings. The van der Waals surface area contributed by atoms with Gasteiger partial charge in [0.1, 0.15) is 6.61 Å². The van der Waals surface area contributed by atoms with Gasteiger partial charge in [-0.2, -0.15) is 0 Å². The Morgan fingerprint density at radius 3 is 3.00 bits per heavy atom. The molecule has 1 fully saturated rings. The number of benzene rings is 1. The lowest BCUT2D eigenvalue weighted by Crippen LogP contribution is -2.61.